The average molecular weight is 294 g/mol. The number of hydrogen-bond acceptors (Lipinski definition) is 2. The van der Waals surface area contributed by atoms with Crippen LogP contribution in [0, 0.1) is 11.7 Å². The number of nitrogens with one attached hydrogen (secondary N) is 2. The molecule has 0 radical (unpaired) electrons. The summed E-state index contributed by atoms with van der Waals surface area (Å²) in [6, 6.07) is 5.55. The van der Waals surface area contributed by atoms with Crippen LogP contribution < -0.4 is 10.6 Å². The van der Waals surface area contributed by atoms with Gasteiger partial charge in [-0.25, -0.2) is 9.18 Å². The van der Waals surface area contributed by atoms with E-state index in [0.717, 1.165) is 12.8 Å². The number of carbonyl (C=O) groups excluding carboxylic acids is 1. The van der Waals surface area contributed by atoms with Crippen LogP contribution in [-0.4, -0.2) is 23.1 Å². The van der Waals surface area contributed by atoms with Crippen LogP contribution in [0.4, 0.5) is 9.18 Å². The Morgan fingerprint density at radius 3 is 2.86 bits per heavy atom. The Morgan fingerprint density at radius 2 is 2.14 bits per heavy atom. The van der Waals surface area contributed by atoms with E-state index >= 15 is 0 Å². The fourth-order valence-corrected chi connectivity index (χ4v) is 2.61. The highest BCUT2D eigenvalue weighted by Gasteiger charge is 2.27. The van der Waals surface area contributed by atoms with Crippen LogP contribution in [0.2, 0.25) is 0 Å². The molecule has 1 aromatic carbocycles. The first-order valence-corrected chi connectivity index (χ1v) is 7.06. The van der Waals surface area contributed by atoms with Crippen LogP contribution in [0.25, 0.3) is 0 Å². The highest BCUT2D eigenvalue weighted by molar-refractivity contribution is 5.74. The molecule has 2 amide bonds. The molecule has 0 aliphatic heterocycles. The Hall–Kier alpha value is -2.11. The number of aliphatic carboxylic acids is 1. The molecule has 1 aromatic rings. The Labute approximate surface area is 122 Å². The van der Waals surface area contributed by atoms with E-state index in [2.05, 4.69) is 10.6 Å². The lowest BCUT2D eigenvalue weighted by atomic mass is 9.86. The van der Waals surface area contributed by atoms with Crippen molar-refractivity contribution in [1.29, 1.82) is 0 Å². The van der Waals surface area contributed by atoms with E-state index in [9.17, 15) is 14.0 Å². The summed E-state index contributed by atoms with van der Waals surface area (Å²) in [4.78, 5) is 22.7. The molecule has 1 fully saturated rings. The second kappa shape index (κ2) is 7.06. The van der Waals surface area contributed by atoms with Crippen LogP contribution in [-0.2, 0) is 11.3 Å². The normalized spacial score (nSPS) is 21.6. The summed E-state index contributed by atoms with van der Waals surface area (Å²) in [7, 11) is 0. The fourth-order valence-electron chi connectivity index (χ4n) is 2.61. The first-order valence-electron chi connectivity index (χ1n) is 7.06. The van der Waals surface area contributed by atoms with Crippen LogP contribution in [0.5, 0.6) is 0 Å². The summed E-state index contributed by atoms with van der Waals surface area (Å²) in [5.74, 6) is -1.53. The van der Waals surface area contributed by atoms with E-state index in [-0.39, 0.29) is 30.4 Å². The molecule has 114 valence electrons. The van der Waals surface area contributed by atoms with Gasteiger partial charge in [0.25, 0.3) is 0 Å². The van der Waals surface area contributed by atoms with Gasteiger partial charge in [-0.3, -0.25) is 4.79 Å². The Balaban J connectivity index is 1.78. The van der Waals surface area contributed by atoms with Crippen LogP contribution in [0.1, 0.15) is 31.2 Å². The van der Waals surface area contributed by atoms with E-state index in [4.69, 9.17) is 5.11 Å². The van der Waals surface area contributed by atoms with Crippen molar-refractivity contribution in [1.82, 2.24) is 10.6 Å². The van der Waals surface area contributed by atoms with Crippen LogP contribution >= 0.6 is 0 Å². The minimum Gasteiger partial charge on any atom is -0.481 e. The topological polar surface area (TPSA) is 78.4 Å². The minimum atomic E-state index is -0.804. The van der Waals surface area contributed by atoms with Crippen molar-refractivity contribution in [2.45, 2.75) is 38.3 Å². The molecular weight excluding hydrogens is 275 g/mol. The molecule has 0 bridgehead atoms. The van der Waals surface area contributed by atoms with Crippen molar-refractivity contribution < 1.29 is 19.1 Å². The van der Waals surface area contributed by atoms with Crippen molar-refractivity contribution in [3.63, 3.8) is 0 Å². The predicted octanol–water partition coefficient (Wildman–Crippen LogP) is 2.27. The number of carbonyl (C=O) groups is 2. The molecule has 5 nitrogen and oxygen atoms in total. The Morgan fingerprint density at radius 1 is 1.33 bits per heavy atom. The van der Waals surface area contributed by atoms with E-state index in [0.29, 0.717) is 18.4 Å². The van der Waals surface area contributed by atoms with Crippen molar-refractivity contribution in [3.8, 4) is 0 Å². The van der Waals surface area contributed by atoms with Crippen molar-refractivity contribution in [2.24, 2.45) is 5.92 Å². The Kier molecular flexibility index (Phi) is 5.14. The zero-order chi connectivity index (χ0) is 15.2. The quantitative estimate of drug-likeness (QED) is 0.797. The fraction of sp³-hybridized carbons (Fsp3) is 0.467. The van der Waals surface area contributed by atoms with Gasteiger partial charge in [0.2, 0.25) is 0 Å². The molecule has 6 heteroatoms. The number of benzene rings is 1. The lowest BCUT2D eigenvalue weighted by Gasteiger charge is -2.27. The van der Waals surface area contributed by atoms with E-state index in [1.807, 2.05) is 0 Å². The number of urea groups is 1. The average Bonchev–Trinajstić information content (AvgIpc) is 2.45. The zero-order valence-electron chi connectivity index (χ0n) is 11.6. The van der Waals surface area contributed by atoms with Gasteiger partial charge in [0.05, 0.1) is 5.92 Å². The van der Waals surface area contributed by atoms with E-state index < -0.39 is 5.97 Å². The van der Waals surface area contributed by atoms with Crippen LogP contribution in [0.3, 0.4) is 0 Å². The first kappa shape index (κ1) is 15.3. The van der Waals surface area contributed by atoms with Crippen molar-refractivity contribution in [3.05, 3.63) is 35.6 Å². The second-order valence-corrected chi connectivity index (χ2v) is 5.36. The van der Waals surface area contributed by atoms with E-state index in [1.165, 1.54) is 12.1 Å². The van der Waals surface area contributed by atoms with Gasteiger partial charge in [0.15, 0.2) is 0 Å². The molecule has 3 N–H and O–H groups in total. The number of hydrogen-bond donors (Lipinski definition) is 3. The largest absolute Gasteiger partial charge is 0.481 e. The lowest BCUT2D eigenvalue weighted by molar-refractivity contribution is -0.143. The van der Waals surface area contributed by atoms with Gasteiger partial charge in [0.1, 0.15) is 5.82 Å². The molecular formula is C15H19FN2O3. The maximum absolute atomic E-state index is 13.0. The zero-order valence-corrected chi connectivity index (χ0v) is 11.6. The van der Waals surface area contributed by atoms with Gasteiger partial charge in [-0.05, 0) is 37.0 Å². The third kappa shape index (κ3) is 4.73. The van der Waals surface area contributed by atoms with Crippen molar-refractivity contribution >= 4 is 12.0 Å². The van der Waals surface area contributed by atoms with Gasteiger partial charge in [0, 0.05) is 12.6 Å². The summed E-state index contributed by atoms with van der Waals surface area (Å²) >= 11 is 0. The molecule has 1 aliphatic rings. The van der Waals surface area contributed by atoms with Gasteiger partial charge in [-0.1, -0.05) is 18.6 Å². The number of amides is 2. The molecule has 0 spiro atoms. The lowest BCUT2D eigenvalue weighted by Crippen LogP contribution is -2.44. The van der Waals surface area contributed by atoms with Gasteiger partial charge < -0.3 is 15.7 Å². The van der Waals surface area contributed by atoms with Crippen molar-refractivity contribution in [2.75, 3.05) is 0 Å². The second-order valence-electron chi connectivity index (χ2n) is 5.36. The molecule has 0 aromatic heterocycles. The molecule has 1 aliphatic carbocycles. The number of carboxylic acids is 1. The standard InChI is InChI=1S/C15H19FN2O3/c16-12-5-1-3-10(7-12)9-17-15(21)18-13-6-2-4-11(8-13)14(19)20/h1,3,5,7,11,13H,2,4,6,8-9H2,(H,19,20)(H2,17,18,21). The summed E-state index contributed by atoms with van der Waals surface area (Å²) in [5, 5.41) is 14.4. The number of carboxylic acid groups (broad SMARTS) is 1. The molecule has 21 heavy (non-hydrogen) atoms. The number of rotatable bonds is 4. The highest BCUT2D eigenvalue weighted by Crippen LogP contribution is 2.24. The third-order valence-electron chi connectivity index (χ3n) is 3.70. The Bertz CT molecular complexity index is 521. The minimum absolute atomic E-state index is 0.118. The first-order chi connectivity index (χ1) is 10.0. The smallest absolute Gasteiger partial charge is 0.315 e. The van der Waals surface area contributed by atoms with Crippen LogP contribution in [0.15, 0.2) is 24.3 Å². The third-order valence-corrected chi connectivity index (χ3v) is 3.70. The van der Waals surface area contributed by atoms with E-state index in [1.54, 1.807) is 12.1 Å². The summed E-state index contributed by atoms with van der Waals surface area (Å²) in [6.45, 7) is 0.235. The maximum atomic E-state index is 13.0. The van der Waals surface area contributed by atoms with Gasteiger partial charge in [-0.2, -0.15) is 0 Å². The summed E-state index contributed by atoms with van der Waals surface area (Å²) in [6.07, 6.45) is 2.71. The summed E-state index contributed by atoms with van der Waals surface area (Å²) < 4.78 is 13.0. The summed E-state index contributed by atoms with van der Waals surface area (Å²) in [5.41, 5.74) is 0.678. The monoisotopic (exact) mass is 294 g/mol. The van der Waals surface area contributed by atoms with Gasteiger partial charge in [-0.15, -0.1) is 0 Å². The predicted molar refractivity (Wildman–Crippen MR) is 75.2 cm³/mol. The number of halogens is 1. The maximum Gasteiger partial charge on any atom is 0.315 e. The molecule has 2 atom stereocenters. The van der Waals surface area contributed by atoms with Gasteiger partial charge >= 0.3 is 12.0 Å². The molecule has 2 unspecified atom stereocenters. The highest BCUT2D eigenvalue weighted by atomic mass is 19.1. The molecule has 0 saturated heterocycles. The molecule has 2 rings (SSSR count). The molecule has 0 heterocycles. The molecule has 1 saturated carbocycles. The SMILES string of the molecule is O=C(NCc1cccc(F)c1)NC1CCCC(C(=O)O)C1.